The molecular weight excluding hydrogens is 412 g/mol. The molecule has 5 N–H and O–H groups in total. The Hall–Kier alpha value is -1.23. The van der Waals surface area contributed by atoms with E-state index in [0.717, 1.165) is 25.7 Å². The van der Waals surface area contributed by atoms with E-state index in [1.807, 2.05) is 0 Å². The number of carbonyl (C=O) groups is 2. The topological polar surface area (TPSA) is 156 Å². The molecule has 0 spiro atoms. The van der Waals surface area contributed by atoms with Crippen LogP contribution in [0.1, 0.15) is 97.3 Å². The third kappa shape index (κ3) is 26.8. The Kier molecular flexibility index (Phi) is 21.7. The molecule has 0 aliphatic carbocycles. The third-order valence-electron chi connectivity index (χ3n) is 4.36. The minimum Gasteiger partial charge on any atom is -0.464 e. The van der Waals surface area contributed by atoms with Crippen LogP contribution in [-0.2, 0) is 24.7 Å². The van der Waals surface area contributed by atoms with Crippen LogP contribution in [0.5, 0.6) is 0 Å². The maximum Gasteiger partial charge on any atom is 0.394 e. The number of ether oxygens (including phenoxy) is 1. The Balaban J connectivity index is 0. The fourth-order valence-electron chi connectivity index (χ4n) is 2.85. The first-order chi connectivity index (χ1) is 14.2. The molecule has 0 heterocycles. The monoisotopic (exact) mass is 454 g/mol. The standard InChI is InChI=1S/C20H40N2O3.H2O4S/c1-3-5-6-7-8-9-10-11-12-16-19(23)22-18(15-13-14-17-21)20(24)25-4-2;1-5(2,3)4/h18H,3-17,21H2,1-2H3,(H,22,23);(H2,1,2,3,4)/t18-;/m0./s1. The maximum atomic E-state index is 12.1. The van der Waals surface area contributed by atoms with E-state index in [1.54, 1.807) is 6.92 Å². The minimum atomic E-state index is -4.67. The van der Waals surface area contributed by atoms with E-state index in [0.29, 0.717) is 26.0 Å². The first-order valence-corrected chi connectivity index (χ1v) is 12.4. The van der Waals surface area contributed by atoms with E-state index in [-0.39, 0.29) is 11.9 Å². The molecule has 0 bridgehead atoms. The average Bonchev–Trinajstić information content (AvgIpc) is 2.65. The summed E-state index contributed by atoms with van der Waals surface area (Å²) in [6, 6.07) is -0.530. The summed E-state index contributed by atoms with van der Waals surface area (Å²) in [6.45, 7) is 4.94. The van der Waals surface area contributed by atoms with Gasteiger partial charge in [0.2, 0.25) is 5.91 Å². The van der Waals surface area contributed by atoms with E-state index in [4.69, 9.17) is 28.0 Å². The van der Waals surface area contributed by atoms with Gasteiger partial charge in [-0.2, -0.15) is 8.42 Å². The van der Waals surface area contributed by atoms with Gasteiger partial charge in [0.1, 0.15) is 6.04 Å². The van der Waals surface area contributed by atoms with Crippen molar-refractivity contribution in [2.24, 2.45) is 5.73 Å². The molecule has 0 radical (unpaired) electrons. The molecule has 9 nitrogen and oxygen atoms in total. The summed E-state index contributed by atoms with van der Waals surface area (Å²) < 4.78 is 36.6. The summed E-state index contributed by atoms with van der Waals surface area (Å²) in [7, 11) is -4.67. The van der Waals surface area contributed by atoms with Crippen LogP contribution in [0, 0.1) is 0 Å². The number of nitrogens with one attached hydrogen (secondary N) is 1. The second kappa shape index (κ2) is 21.0. The minimum absolute atomic E-state index is 0.0475. The maximum absolute atomic E-state index is 12.1. The molecule has 0 saturated carbocycles. The van der Waals surface area contributed by atoms with Gasteiger partial charge in [0.15, 0.2) is 0 Å². The van der Waals surface area contributed by atoms with E-state index in [1.165, 1.54) is 44.9 Å². The van der Waals surface area contributed by atoms with Gasteiger partial charge in [0.25, 0.3) is 0 Å². The van der Waals surface area contributed by atoms with Crippen molar-refractivity contribution < 1.29 is 31.8 Å². The lowest BCUT2D eigenvalue weighted by Gasteiger charge is -2.17. The molecule has 1 atom stereocenters. The third-order valence-corrected chi connectivity index (χ3v) is 4.36. The molecule has 10 heteroatoms. The van der Waals surface area contributed by atoms with Crippen LogP contribution in [0.2, 0.25) is 0 Å². The molecule has 30 heavy (non-hydrogen) atoms. The lowest BCUT2D eigenvalue weighted by Crippen LogP contribution is -2.41. The predicted octanol–water partition coefficient (Wildman–Crippen LogP) is 3.43. The van der Waals surface area contributed by atoms with Crippen LogP contribution < -0.4 is 11.1 Å². The highest BCUT2D eigenvalue weighted by atomic mass is 32.3. The van der Waals surface area contributed by atoms with Crippen LogP contribution >= 0.6 is 0 Å². The SMILES string of the molecule is CCCCCCCCCCCC(=O)N[C@@H](CCCCN)C(=O)OCC.O=S(=O)(O)O. The summed E-state index contributed by atoms with van der Waals surface area (Å²) in [5, 5.41) is 2.83. The van der Waals surface area contributed by atoms with Crippen molar-refractivity contribution in [2.75, 3.05) is 13.2 Å². The predicted molar refractivity (Wildman–Crippen MR) is 117 cm³/mol. The second-order valence-corrected chi connectivity index (χ2v) is 8.08. The smallest absolute Gasteiger partial charge is 0.394 e. The first kappa shape index (κ1) is 31.0. The van der Waals surface area contributed by atoms with Crippen molar-refractivity contribution >= 4 is 22.3 Å². The Morgan fingerprint density at radius 1 is 0.900 bits per heavy atom. The van der Waals surface area contributed by atoms with Crippen molar-refractivity contribution in [1.82, 2.24) is 5.32 Å². The lowest BCUT2D eigenvalue weighted by atomic mass is 10.1. The Morgan fingerprint density at radius 3 is 1.87 bits per heavy atom. The summed E-state index contributed by atoms with van der Waals surface area (Å²) in [4.78, 5) is 24.0. The number of esters is 1. The zero-order valence-electron chi connectivity index (χ0n) is 18.6. The Morgan fingerprint density at radius 2 is 1.40 bits per heavy atom. The second-order valence-electron chi connectivity index (χ2n) is 7.18. The fraction of sp³-hybridized carbons (Fsp3) is 0.900. The van der Waals surface area contributed by atoms with E-state index in [2.05, 4.69) is 12.2 Å². The molecule has 0 aliphatic heterocycles. The largest absolute Gasteiger partial charge is 0.464 e. The van der Waals surface area contributed by atoms with Gasteiger partial charge >= 0.3 is 16.4 Å². The fourth-order valence-corrected chi connectivity index (χ4v) is 2.85. The molecule has 0 aromatic heterocycles. The molecular formula is C20H42N2O7S. The molecule has 180 valence electrons. The van der Waals surface area contributed by atoms with Crippen LogP contribution in [0.25, 0.3) is 0 Å². The molecule has 0 aromatic carbocycles. The zero-order chi connectivity index (χ0) is 23.3. The normalized spacial score (nSPS) is 11.9. The summed E-state index contributed by atoms with van der Waals surface area (Å²) in [5.41, 5.74) is 5.49. The quantitative estimate of drug-likeness (QED) is 0.148. The summed E-state index contributed by atoms with van der Waals surface area (Å²) in [6.07, 6.45) is 13.8. The van der Waals surface area contributed by atoms with Crippen LogP contribution in [-0.4, -0.2) is 48.6 Å². The van der Waals surface area contributed by atoms with E-state index >= 15 is 0 Å². The number of unbranched alkanes of at least 4 members (excludes halogenated alkanes) is 9. The average molecular weight is 455 g/mol. The number of amides is 1. The first-order valence-electron chi connectivity index (χ1n) is 11.0. The highest BCUT2D eigenvalue weighted by molar-refractivity contribution is 7.79. The molecule has 0 rings (SSSR count). The highest BCUT2D eigenvalue weighted by Crippen LogP contribution is 2.11. The van der Waals surface area contributed by atoms with Gasteiger partial charge < -0.3 is 15.8 Å². The van der Waals surface area contributed by atoms with Crippen LogP contribution in [0.15, 0.2) is 0 Å². The number of hydrogen-bond acceptors (Lipinski definition) is 6. The molecule has 0 fully saturated rings. The van der Waals surface area contributed by atoms with Gasteiger partial charge in [-0.25, -0.2) is 4.79 Å². The number of nitrogens with two attached hydrogens (primary N) is 1. The Bertz CT molecular complexity index is 519. The van der Waals surface area contributed by atoms with E-state index < -0.39 is 16.4 Å². The molecule has 0 aromatic rings. The van der Waals surface area contributed by atoms with Gasteiger partial charge in [0.05, 0.1) is 6.61 Å². The van der Waals surface area contributed by atoms with Crippen molar-refractivity contribution in [3.8, 4) is 0 Å². The summed E-state index contributed by atoms with van der Waals surface area (Å²) >= 11 is 0. The molecule has 1 amide bonds. The Labute approximate surface area is 182 Å². The number of hydrogen-bond donors (Lipinski definition) is 4. The van der Waals surface area contributed by atoms with Gasteiger partial charge in [-0.05, 0) is 39.2 Å². The highest BCUT2D eigenvalue weighted by Gasteiger charge is 2.21. The van der Waals surface area contributed by atoms with Crippen LogP contribution in [0.4, 0.5) is 0 Å². The van der Waals surface area contributed by atoms with Crippen molar-refractivity contribution in [3.05, 3.63) is 0 Å². The van der Waals surface area contributed by atoms with Crippen molar-refractivity contribution in [1.29, 1.82) is 0 Å². The van der Waals surface area contributed by atoms with Crippen LogP contribution in [0.3, 0.4) is 0 Å². The lowest BCUT2D eigenvalue weighted by molar-refractivity contribution is -0.147. The zero-order valence-corrected chi connectivity index (χ0v) is 19.4. The van der Waals surface area contributed by atoms with Gasteiger partial charge in [-0.15, -0.1) is 0 Å². The van der Waals surface area contributed by atoms with Gasteiger partial charge in [-0.1, -0.05) is 58.3 Å². The van der Waals surface area contributed by atoms with Crippen molar-refractivity contribution in [3.63, 3.8) is 0 Å². The molecule has 0 saturated heterocycles. The molecule has 0 unspecified atom stereocenters. The van der Waals surface area contributed by atoms with E-state index in [9.17, 15) is 9.59 Å². The number of carbonyl (C=O) groups excluding carboxylic acids is 2. The number of rotatable bonds is 17. The van der Waals surface area contributed by atoms with Crippen molar-refractivity contribution in [2.45, 2.75) is 103 Å². The molecule has 0 aliphatic rings. The summed E-state index contributed by atoms with van der Waals surface area (Å²) in [5.74, 6) is -0.381. The van der Waals surface area contributed by atoms with Gasteiger partial charge in [0, 0.05) is 6.42 Å². The van der Waals surface area contributed by atoms with Gasteiger partial charge in [-0.3, -0.25) is 13.9 Å².